The molecule has 5 heteroatoms. The largest absolute Gasteiger partial charge is 0.487 e. The van der Waals surface area contributed by atoms with Gasteiger partial charge in [-0.3, -0.25) is 0 Å². The van der Waals surface area contributed by atoms with Crippen LogP contribution in [0.15, 0.2) is 0 Å². The summed E-state index contributed by atoms with van der Waals surface area (Å²) in [5.41, 5.74) is 0. The molecule has 0 fully saturated rings. The zero-order valence-electron chi connectivity index (χ0n) is 10.2. The molecule has 0 aliphatic heterocycles. The summed E-state index contributed by atoms with van der Waals surface area (Å²) in [6, 6.07) is 0.956. The summed E-state index contributed by atoms with van der Waals surface area (Å²) in [5, 5.41) is 0.603. The van der Waals surface area contributed by atoms with Crippen molar-refractivity contribution < 1.29 is 13.6 Å². The van der Waals surface area contributed by atoms with Crippen molar-refractivity contribution in [3.05, 3.63) is 0 Å². The van der Waals surface area contributed by atoms with Crippen LogP contribution in [0, 0.1) is 0 Å². The molecular formula is C10H22O3SSi. The van der Waals surface area contributed by atoms with Crippen LogP contribution in [0.1, 0.15) is 27.2 Å². The van der Waals surface area contributed by atoms with Gasteiger partial charge in [0.2, 0.25) is 0 Å². The van der Waals surface area contributed by atoms with Gasteiger partial charge in [-0.1, -0.05) is 0 Å². The van der Waals surface area contributed by atoms with Crippen molar-refractivity contribution in [3.63, 3.8) is 0 Å². The lowest BCUT2D eigenvalue weighted by Crippen LogP contribution is -2.38. The van der Waals surface area contributed by atoms with E-state index in [-0.39, 0.29) is 0 Å². The molecule has 0 amide bonds. The lowest BCUT2D eigenvalue weighted by atomic mass is 10.5. The predicted molar refractivity (Wildman–Crippen MR) is 68.5 cm³/mol. The second kappa shape index (κ2) is 8.21. The zero-order valence-corrected chi connectivity index (χ0v) is 12.0. The molecule has 0 radical (unpaired) electrons. The van der Waals surface area contributed by atoms with E-state index in [0.29, 0.717) is 11.7 Å². The lowest BCUT2D eigenvalue weighted by Gasteiger charge is -2.25. The Labute approximate surface area is 99.4 Å². The molecule has 0 unspecified atom stereocenters. The molecule has 0 N–H and O–H groups in total. The fourth-order valence-corrected chi connectivity index (χ4v) is 3.87. The van der Waals surface area contributed by atoms with E-state index >= 15 is 0 Å². The van der Waals surface area contributed by atoms with Crippen LogP contribution in [0.2, 0.25) is 12.6 Å². The van der Waals surface area contributed by atoms with Crippen LogP contribution in [-0.4, -0.2) is 33.4 Å². The number of hydrogen-bond acceptors (Lipinski definition) is 4. The fourth-order valence-electron chi connectivity index (χ4n) is 1.41. The van der Waals surface area contributed by atoms with E-state index in [0.717, 1.165) is 25.7 Å². The van der Waals surface area contributed by atoms with Crippen molar-refractivity contribution in [2.24, 2.45) is 0 Å². The number of rotatable bonds is 8. The Hall–Kier alpha value is 0.0269. The molecule has 0 saturated heterocycles. The van der Waals surface area contributed by atoms with Gasteiger partial charge in [0.15, 0.2) is 5.05 Å². The second-order valence-electron chi connectivity index (χ2n) is 3.44. The summed E-state index contributed by atoms with van der Waals surface area (Å²) in [4.78, 5) is 0. The highest BCUT2D eigenvalue weighted by molar-refractivity contribution is 7.80. The average molecular weight is 250 g/mol. The van der Waals surface area contributed by atoms with Gasteiger partial charge < -0.3 is 13.6 Å². The van der Waals surface area contributed by atoms with Crippen LogP contribution in [0.25, 0.3) is 0 Å². The molecule has 0 rings (SSSR count). The molecule has 0 atom stereocenters. The molecular weight excluding hydrogens is 228 g/mol. The summed E-state index contributed by atoms with van der Waals surface area (Å²) in [7, 11) is -1.94. The van der Waals surface area contributed by atoms with Gasteiger partial charge in [0.05, 0.1) is 6.61 Å². The third kappa shape index (κ3) is 7.90. The Kier molecular flexibility index (Phi) is 8.23. The van der Waals surface area contributed by atoms with Gasteiger partial charge in [0.1, 0.15) is 0 Å². The molecule has 0 spiro atoms. The molecule has 15 heavy (non-hydrogen) atoms. The maximum absolute atomic E-state index is 5.71. The topological polar surface area (TPSA) is 27.7 Å². The molecule has 0 aromatic carbocycles. The van der Waals surface area contributed by atoms with Gasteiger partial charge in [0, 0.05) is 20.1 Å². The summed E-state index contributed by atoms with van der Waals surface area (Å²) in [6.45, 7) is 9.99. The van der Waals surface area contributed by atoms with Crippen LogP contribution in [0.5, 0.6) is 0 Å². The van der Waals surface area contributed by atoms with Crippen molar-refractivity contribution >= 4 is 25.8 Å². The first-order valence-electron chi connectivity index (χ1n) is 5.45. The molecule has 0 aromatic rings. The van der Waals surface area contributed by atoms with E-state index < -0.39 is 8.56 Å². The Morgan fingerprint density at radius 3 is 2.13 bits per heavy atom. The van der Waals surface area contributed by atoms with E-state index in [1.165, 1.54) is 0 Å². The van der Waals surface area contributed by atoms with Crippen molar-refractivity contribution in [2.45, 2.75) is 39.8 Å². The minimum absolute atomic E-state index is 0.603. The molecule has 0 aliphatic carbocycles. The van der Waals surface area contributed by atoms with E-state index in [1.54, 1.807) is 6.92 Å². The van der Waals surface area contributed by atoms with Crippen molar-refractivity contribution in [1.29, 1.82) is 0 Å². The highest BCUT2D eigenvalue weighted by Crippen LogP contribution is 2.15. The van der Waals surface area contributed by atoms with Crippen molar-refractivity contribution in [2.75, 3.05) is 19.8 Å². The maximum Gasteiger partial charge on any atom is 0.335 e. The molecule has 0 saturated carbocycles. The molecule has 0 heterocycles. The van der Waals surface area contributed by atoms with E-state index in [1.807, 2.05) is 13.8 Å². The lowest BCUT2D eigenvalue weighted by molar-refractivity contribution is 0.185. The van der Waals surface area contributed by atoms with Gasteiger partial charge in [-0.2, -0.15) is 0 Å². The van der Waals surface area contributed by atoms with Gasteiger partial charge in [-0.25, -0.2) is 0 Å². The summed E-state index contributed by atoms with van der Waals surface area (Å²) in [6.07, 6.45) is 0.941. The number of thiocarbonyl (C=S) groups is 1. The monoisotopic (exact) mass is 250 g/mol. The van der Waals surface area contributed by atoms with Crippen LogP contribution in [-0.2, 0) is 13.6 Å². The minimum atomic E-state index is -1.94. The van der Waals surface area contributed by atoms with Gasteiger partial charge in [-0.05, 0) is 45.1 Å². The standard InChI is InChI=1S/C10H22O3SSi/c1-5-12-15(4,13-6-2)9-7-8-11-10(3)14/h5-9H2,1-4H3. The molecule has 3 nitrogen and oxygen atoms in total. The summed E-state index contributed by atoms with van der Waals surface area (Å²) in [5.74, 6) is 0. The quantitative estimate of drug-likeness (QED) is 0.376. The highest BCUT2D eigenvalue weighted by Gasteiger charge is 2.29. The van der Waals surface area contributed by atoms with Crippen LogP contribution < -0.4 is 0 Å². The average Bonchev–Trinajstić information content (AvgIpc) is 2.13. The molecule has 0 bridgehead atoms. The van der Waals surface area contributed by atoms with E-state index in [9.17, 15) is 0 Å². The first kappa shape index (κ1) is 15.0. The third-order valence-corrected chi connectivity index (χ3v) is 5.16. The molecule has 0 aromatic heterocycles. The SMILES string of the molecule is CCO[Si](C)(CCCOC(C)=S)OCC. The van der Waals surface area contributed by atoms with E-state index in [4.69, 9.17) is 25.8 Å². The Morgan fingerprint density at radius 2 is 1.73 bits per heavy atom. The smallest absolute Gasteiger partial charge is 0.335 e. The van der Waals surface area contributed by atoms with Gasteiger partial charge >= 0.3 is 8.56 Å². The molecule has 90 valence electrons. The van der Waals surface area contributed by atoms with Crippen LogP contribution in [0.3, 0.4) is 0 Å². The highest BCUT2D eigenvalue weighted by atomic mass is 32.1. The Balaban J connectivity index is 3.79. The van der Waals surface area contributed by atoms with Crippen molar-refractivity contribution in [1.82, 2.24) is 0 Å². The van der Waals surface area contributed by atoms with Crippen LogP contribution >= 0.6 is 12.2 Å². The zero-order chi connectivity index (χ0) is 11.7. The van der Waals surface area contributed by atoms with E-state index in [2.05, 4.69) is 6.55 Å². The second-order valence-corrected chi connectivity index (χ2v) is 7.36. The minimum Gasteiger partial charge on any atom is -0.487 e. The normalized spacial score (nSPS) is 11.5. The van der Waals surface area contributed by atoms with Crippen molar-refractivity contribution in [3.8, 4) is 0 Å². The maximum atomic E-state index is 5.71. The number of hydrogen-bond donors (Lipinski definition) is 0. The Morgan fingerprint density at radius 1 is 1.20 bits per heavy atom. The predicted octanol–water partition coefficient (Wildman–Crippen LogP) is 2.89. The summed E-state index contributed by atoms with van der Waals surface area (Å²) < 4.78 is 16.6. The van der Waals surface area contributed by atoms with Gasteiger partial charge in [0.25, 0.3) is 0 Å². The van der Waals surface area contributed by atoms with Gasteiger partial charge in [-0.15, -0.1) is 0 Å². The number of ether oxygens (including phenoxy) is 1. The fraction of sp³-hybridized carbons (Fsp3) is 0.900. The Bertz CT molecular complexity index is 182. The first-order chi connectivity index (χ1) is 7.04. The molecule has 0 aliphatic rings. The summed E-state index contributed by atoms with van der Waals surface area (Å²) >= 11 is 4.83. The third-order valence-electron chi connectivity index (χ3n) is 1.98. The first-order valence-corrected chi connectivity index (χ1v) is 8.38. The van der Waals surface area contributed by atoms with Crippen LogP contribution in [0.4, 0.5) is 0 Å².